The summed E-state index contributed by atoms with van der Waals surface area (Å²) in [4.78, 5) is 25.7. The van der Waals surface area contributed by atoms with Crippen LogP contribution in [0.2, 0.25) is 5.02 Å². The molecule has 0 aliphatic carbocycles. The molecule has 2 aromatic rings. The van der Waals surface area contributed by atoms with Gasteiger partial charge < -0.3 is 15.0 Å². The van der Waals surface area contributed by atoms with Gasteiger partial charge in [0.25, 0.3) is 11.8 Å². The van der Waals surface area contributed by atoms with Crippen LogP contribution in [0.25, 0.3) is 0 Å². The van der Waals surface area contributed by atoms with E-state index in [1.165, 1.54) is 0 Å². The average Bonchev–Trinajstić information content (AvgIpc) is 2.63. The molecular formula is C20H23ClN2O3. The summed E-state index contributed by atoms with van der Waals surface area (Å²) in [5, 5.41) is 3.21. The van der Waals surface area contributed by atoms with Gasteiger partial charge in [0.2, 0.25) is 0 Å². The van der Waals surface area contributed by atoms with E-state index in [1.807, 2.05) is 19.1 Å². The first kappa shape index (κ1) is 19.8. The molecule has 2 aromatic carbocycles. The van der Waals surface area contributed by atoms with Crippen molar-refractivity contribution in [3.8, 4) is 5.75 Å². The normalized spacial score (nSPS) is 11.6. The number of likely N-dealkylation sites (N-methyl/N-ethyl adjacent to an activating group) is 1. The van der Waals surface area contributed by atoms with Crippen LogP contribution in [-0.2, 0) is 11.3 Å². The highest BCUT2D eigenvalue weighted by molar-refractivity contribution is 6.30. The van der Waals surface area contributed by atoms with Gasteiger partial charge in [0.1, 0.15) is 5.75 Å². The maximum absolute atomic E-state index is 12.6. The Morgan fingerprint density at radius 1 is 1.19 bits per heavy atom. The summed E-state index contributed by atoms with van der Waals surface area (Å²) in [5.74, 6) is 0.370. The zero-order valence-electron chi connectivity index (χ0n) is 15.4. The van der Waals surface area contributed by atoms with E-state index >= 15 is 0 Å². The molecule has 0 heterocycles. The first-order chi connectivity index (χ1) is 12.3. The van der Waals surface area contributed by atoms with Gasteiger partial charge in [-0.3, -0.25) is 9.59 Å². The highest BCUT2D eigenvalue weighted by Gasteiger charge is 2.20. The number of rotatable bonds is 6. The van der Waals surface area contributed by atoms with Gasteiger partial charge in [0.05, 0.1) is 0 Å². The van der Waals surface area contributed by atoms with Crippen molar-refractivity contribution in [1.29, 1.82) is 0 Å². The van der Waals surface area contributed by atoms with Gasteiger partial charge in [-0.1, -0.05) is 23.7 Å². The second-order valence-corrected chi connectivity index (χ2v) is 6.58. The van der Waals surface area contributed by atoms with E-state index in [0.717, 1.165) is 11.1 Å². The molecule has 0 aromatic heterocycles. The second-order valence-electron chi connectivity index (χ2n) is 6.14. The molecule has 5 nitrogen and oxygen atoms in total. The van der Waals surface area contributed by atoms with E-state index in [2.05, 4.69) is 5.32 Å². The number of halogens is 1. The number of nitrogens with zero attached hydrogens (tertiary/aromatic N) is 1. The minimum Gasteiger partial charge on any atom is -0.481 e. The Morgan fingerprint density at radius 2 is 1.85 bits per heavy atom. The first-order valence-corrected chi connectivity index (χ1v) is 8.68. The fourth-order valence-corrected chi connectivity index (χ4v) is 2.78. The van der Waals surface area contributed by atoms with Gasteiger partial charge in [-0.25, -0.2) is 0 Å². The number of hydrogen-bond donors (Lipinski definition) is 1. The number of nitrogens with one attached hydrogen (secondary N) is 1. The van der Waals surface area contributed by atoms with Crippen molar-refractivity contribution in [2.24, 2.45) is 0 Å². The Balaban J connectivity index is 1.98. The lowest BCUT2D eigenvalue weighted by Crippen LogP contribution is -2.37. The van der Waals surface area contributed by atoms with Crippen LogP contribution in [0.1, 0.15) is 28.4 Å². The van der Waals surface area contributed by atoms with Crippen LogP contribution in [0.4, 0.5) is 0 Å². The van der Waals surface area contributed by atoms with Crippen LogP contribution in [0.3, 0.4) is 0 Å². The lowest BCUT2D eigenvalue weighted by Gasteiger charge is -2.23. The molecule has 0 radical (unpaired) electrons. The van der Waals surface area contributed by atoms with Crippen LogP contribution >= 0.6 is 11.6 Å². The monoisotopic (exact) mass is 374 g/mol. The lowest BCUT2D eigenvalue weighted by atomic mass is 10.1. The van der Waals surface area contributed by atoms with Crippen molar-refractivity contribution in [3.63, 3.8) is 0 Å². The summed E-state index contributed by atoms with van der Waals surface area (Å²) in [6, 6.07) is 12.4. The third kappa shape index (κ3) is 4.99. The molecule has 6 heteroatoms. The summed E-state index contributed by atoms with van der Waals surface area (Å²) < 4.78 is 5.78. The molecule has 1 atom stereocenters. The van der Waals surface area contributed by atoms with E-state index in [9.17, 15) is 9.59 Å². The second kappa shape index (κ2) is 8.72. The van der Waals surface area contributed by atoms with E-state index in [4.69, 9.17) is 16.3 Å². The molecule has 2 amide bonds. The predicted molar refractivity (Wildman–Crippen MR) is 103 cm³/mol. The number of ether oxygens (including phenoxy) is 1. The largest absolute Gasteiger partial charge is 0.481 e. The minimum atomic E-state index is -0.620. The summed E-state index contributed by atoms with van der Waals surface area (Å²) in [5.41, 5.74) is 2.40. The Hall–Kier alpha value is -2.53. The highest BCUT2D eigenvalue weighted by Crippen LogP contribution is 2.23. The van der Waals surface area contributed by atoms with Crippen LogP contribution in [0.15, 0.2) is 42.5 Å². The van der Waals surface area contributed by atoms with Crippen molar-refractivity contribution in [3.05, 3.63) is 64.2 Å². The molecule has 26 heavy (non-hydrogen) atoms. The molecular weight excluding hydrogens is 352 g/mol. The maximum Gasteiger partial charge on any atom is 0.263 e. The van der Waals surface area contributed by atoms with Crippen molar-refractivity contribution >= 4 is 23.4 Å². The van der Waals surface area contributed by atoms with Gasteiger partial charge in [-0.2, -0.15) is 0 Å². The van der Waals surface area contributed by atoms with Crippen LogP contribution in [0.5, 0.6) is 5.75 Å². The molecule has 0 saturated carbocycles. The summed E-state index contributed by atoms with van der Waals surface area (Å²) in [6.45, 7) is 4.04. The molecule has 1 N–H and O–H groups in total. The number of benzene rings is 2. The molecule has 1 unspecified atom stereocenters. The molecule has 2 rings (SSSR count). The highest BCUT2D eigenvalue weighted by atomic mass is 35.5. The van der Waals surface area contributed by atoms with E-state index < -0.39 is 6.10 Å². The number of carbonyl (C=O) groups is 2. The molecule has 0 aliphatic heterocycles. The predicted octanol–water partition coefficient (Wildman–Crippen LogP) is 3.43. The fraction of sp³-hybridized carbons (Fsp3) is 0.300. The summed E-state index contributed by atoms with van der Waals surface area (Å²) in [7, 11) is 3.32. The van der Waals surface area contributed by atoms with Gasteiger partial charge in [-0.15, -0.1) is 0 Å². The van der Waals surface area contributed by atoms with Crippen molar-refractivity contribution in [2.45, 2.75) is 26.5 Å². The Morgan fingerprint density at radius 3 is 2.42 bits per heavy atom. The van der Waals surface area contributed by atoms with Crippen molar-refractivity contribution < 1.29 is 14.3 Å². The van der Waals surface area contributed by atoms with E-state index in [-0.39, 0.29) is 11.8 Å². The number of aryl methyl sites for hydroxylation is 1. The Kier molecular flexibility index (Phi) is 6.64. The zero-order chi connectivity index (χ0) is 19.3. The smallest absolute Gasteiger partial charge is 0.263 e. The molecule has 0 fully saturated rings. The van der Waals surface area contributed by atoms with Crippen molar-refractivity contribution in [2.75, 3.05) is 14.1 Å². The van der Waals surface area contributed by atoms with Gasteiger partial charge in [0, 0.05) is 31.2 Å². The van der Waals surface area contributed by atoms with Crippen molar-refractivity contribution in [1.82, 2.24) is 10.2 Å². The number of hydrogen-bond acceptors (Lipinski definition) is 3. The molecule has 0 spiro atoms. The SMILES string of the molecule is CNC(=O)c1ccc(CN(C)C(=O)C(C)Oc2ccc(Cl)cc2C)cc1. The quantitative estimate of drug-likeness (QED) is 0.842. The first-order valence-electron chi connectivity index (χ1n) is 8.30. The molecule has 138 valence electrons. The molecule has 0 saturated heterocycles. The van der Waals surface area contributed by atoms with Crippen LogP contribution < -0.4 is 10.1 Å². The third-order valence-electron chi connectivity index (χ3n) is 4.03. The number of carbonyl (C=O) groups excluding carboxylic acids is 2. The van der Waals surface area contributed by atoms with Gasteiger partial charge in [-0.05, 0) is 55.3 Å². The Bertz CT molecular complexity index is 790. The summed E-state index contributed by atoms with van der Waals surface area (Å²) >= 11 is 5.94. The lowest BCUT2D eigenvalue weighted by molar-refractivity contribution is -0.137. The van der Waals surface area contributed by atoms with E-state index in [0.29, 0.717) is 22.9 Å². The van der Waals surface area contributed by atoms with Gasteiger partial charge in [0.15, 0.2) is 6.10 Å². The maximum atomic E-state index is 12.6. The van der Waals surface area contributed by atoms with Gasteiger partial charge >= 0.3 is 0 Å². The molecule has 0 aliphatic rings. The van der Waals surface area contributed by atoms with E-state index in [1.54, 1.807) is 56.3 Å². The fourth-order valence-electron chi connectivity index (χ4n) is 2.55. The zero-order valence-corrected chi connectivity index (χ0v) is 16.1. The minimum absolute atomic E-state index is 0.130. The Labute approximate surface area is 158 Å². The third-order valence-corrected chi connectivity index (χ3v) is 4.26. The van der Waals surface area contributed by atoms with Crippen LogP contribution in [-0.4, -0.2) is 36.9 Å². The topological polar surface area (TPSA) is 58.6 Å². The average molecular weight is 375 g/mol. The number of amides is 2. The summed E-state index contributed by atoms with van der Waals surface area (Å²) in [6.07, 6.45) is -0.620. The van der Waals surface area contributed by atoms with Crippen LogP contribution in [0, 0.1) is 6.92 Å². The standard InChI is InChI=1S/C20H23ClN2O3/c1-13-11-17(21)9-10-18(13)26-14(2)20(25)23(4)12-15-5-7-16(8-6-15)19(24)22-3/h5-11,14H,12H2,1-4H3,(H,22,24). The molecule has 0 bridgehead atoms.